The molecule has 0 fully saturated rings. The summed E-state index contributed by atoms with van der Waals surface area (Å²) in [6, 6.07) is 33.0. The van der Waals surface area contributed by atoms with E-state index >= 15 is 0 Å². The summed E-state index contributed by atoms with van der Waals surface area (Å²) >= 11 is 0. The number of nitrogens with zero attached hydrogens (tertiary/aromatic N) is 4. The number of hydrogen-bond acceptors (Lipinski definition) is 6. The zero-order valence-electron chi connectivity index (χ0n) is 21.2. The predicted octanol–water partition coefficient (Wildman–Crippen LogP) is 5.34. The Morgan fingerprint density at radius 2 is 1.18 bits per heavy atom. The number of aromatic nitrogens is 2. The summed E-state index contributed by atoms with van der Waals surface area (Å²) in [5.41, 5.74) is 5.66. The molecule has 0 aliphatic carbocycles. The summed E-state index contributed by atoms with van der Waals surface area (Å²) in [6.45, 7) is 0. The Kier molecular flexibility index (Phi) is 4.29. The quantitative estimate of drug-likeness (QED) is 0.218. The number of aliphatic imine (C=N–C) groups is 2. The van der Waals surface area contributed by atoms with E-state index in [0.29, 0.717) is 5.84 Å². The molecule has 190 valence electrons. The van der Waals surface area contributed by atoms with Gasteiger partial charge in [0.1, 0.15) is 34.6 Å². The van der Waals surface area contributed by atoms with Crippen molar-refractivity contribution in [3.05, 3.63) is 130 Å². The third kappa shape index (κ3) is 3.07. The van der Waals surface area contributed by atoms with Crippen LogP contribution in [0.25, 0.3) is 21.5 Å². The van der Waals surface area contributed by atoms with Crippen LogP contribution < -0.4 is 21.6 Å². The number of fused-ring (bicyclic) bond motifs is 18. The third-order valence-corrected chi connectivity index (χ3v) is 7.88. The van der Waals surface area contributed by atoms with Crippen LogP contribution in [0.3, 0.4) is 0 Å². The van der Waals surface area contributed by atoms with Crippen molar-refractivity contribution in [3.63, 3.8) is 0 Å². The molecule has 2 aromatic heterocycles. The van der Waals surface area contributed by atoms with Gasteiger partial charge in [-0.3, -0.25) is 0 Å². The molecule has 8 bridgehead atoms. The van der Waals surface area contributed by atoms with Gasteiger partial charge < -0.3 is 20.6 Å². The lowest BCUT2D eigenvalue weighted by Gasteiger charge is -2.12. The normalized spacial score (nSPS) is 19.4. The SMILES string of the molecule is c1ccc2c(c1)C1=NC2Nc2[nH]c(c3ccccc23)NC2=N[C@@H](/N=c3\[nH]c(c4ccccc34)=N1)c1ccccc12. The van der Waals surface area contributed by atoms with Crippen molar-refractivity contribution in [1.82, 2.24) is 9.97 Å². The van der Waals surface area contributed by atoms with Gasteiger partial charge in [-0.1, -0.05) is 97.1 Å². The molecule has 2 atom stereocenters. The van der Waals surface area contributed by atoms with Crippen LogP contribution in [0.15, 0.2) is 117 Å². The fourth-order valence-corrected chi connectivity index (χ4v) is 6.00. The largest absolute Gasteiger partial charge is 0.346 e. The van der Waals surface area contributed by atoms with Crippen LogP contribution in [0.2, 0.25) is 0 Å². The molecule has 0 amide bonds. The number of amidine groups is 2. The van der Waals surface area contributed by atoms with Crippen LogP contribution in [0.4, 0.5) is 11.6 Å². The minimum absolute atomic E-state index is 0.294. The standard InChI is InChI=1S/C32H22N8/c1-2-10-18-17(9-1)25-33-26(18)38-28-21-13-5-6-14-22(21)30(35-28)40-32-24-16-8-7-15-23(24)31(36-32)39-29-20-12-4-3-11-19(20)27(34-29)37-25/h1-16,25,32,34,37H,(H,36,39)(H,33,35,38,40)/t25?,32-/m0/s1. The van der Waals surface area contributed by atoms with E-state index in [9.17, 15) is 0 Å². The molecule has 40 heavy (non-hydrogen) atoms. The first kappa shape index (κ1) is 21.4. The van der Waals surface area contributed by atoms with E-state index in [4.69, 9.17) is 20.0 Å². The average Bonchev–Trinajstić information content (AvgIpc) is 3.73. The lowest BCUT2D eigenvalue weighted by atomic mass is 10.1. The Morgan fingerprint density at radius 1 is 0.525 bits per heavy atom. The van der Waals surface area contributed by atoms with Crippen LogP contribution in [-0.2, 0) is 0 Å². The van der Waals surface area contributed by atoms with E-state index in [1.807, 2.05) is 48.5 Å². The van der Waals surface area contributed by atoms with Crippen molar-refractivity contribution < 1.29 is 0 Å². The summed E-state index contributed by atoms with van der Waals surface area (Å²) in [6.07, 6.45) is -0.689. The number of H-pyrrole nitrogens is 2. The van der Waals surface area contributed by atoms with Crippen LogP contribution in [0.1, 0.15) is 34.6 Å². The van der Waals surface area contributed by atoms with E-state index in [0.717, 1.165) is 72.2 Å². The smallest absolute Gasteiger partial charge is 0.170 e. The minimum atomic E-state index is -0.394. The maximum Gasteiger partial charge on any atom is 0.170 e. The van der Waals surface area contributed by atoms with Crippen LogP contribution in [0.5, 0.6) is 0 Å². The Balaban J connectivity index is 1.35. The molecule has 3 aliphatic heterocycles. The molecule has 0 saturated heterocycles. The van der Waals surface area contributed by atoms with Crippen LogP contribution >= 0.6 is 0 Å². The fourth-order valence-electron chi connectivity index (χ4n) is 6.00. The Hall–Kier alpha value is -5.50. The molecule has 4 N–H and O–H groups in total. The van der Waals surface area contributed by atoms with Gasteiger partial charge in [-0.05, 0) is 0 Å². The highest BCUT2D eigenvalue weighted by molar-refractivity contribution is 6.15. The molecule has 6 aromatic rings. The topological polar surface area (TPSA) is 105 Å². The maximum atomic E-state index is 5.13. The first-order chi connectivity index (χ1) is 19.8. The molecule has 0 radical (unpaired) electrons. The second-order valence-corrected chi connectivity index (χ2v) is 10.2. The van der Waals surface area contributed by atoms with E-state index in [-0.39, 0.29) is 6.17 Å². The molecule has 1 unspecified atom stereocenters. The summed E-state index contributed by atoms with van der Waals surface area (Å²) in [5.74, 6) is 3.21. The second kappa shape index (κ2) is 8.00. The first-order valence-corrected chi connectivity index (χ1v) is 13.3. The van der Waals surface area contributed by atoms with Crippen LogP contribution in [-0.4, -0.2) is 21.6 Å². The second-order valence-electron chi connectivity index (χ2n) is 10.2. The molecule has 8 heteroatoms. The number of rotatable bonds is 0. The van der Waals surface area contributed by atoms with Crippen molar-refractivity contribution in [1.29, 1.82) is 0 Å². The van der Waals surface area contributed by atoms with E-state index in [2.05, 4.69) is 69.1 Å². The highest BCUT2D eigenvalue weighted by atomic mass is 15.2. The summed E-state index contributed by atoms with van der Waals surface area (Å²) in [5, 5.41) is 11.4. The average molecular weight is 519 g/mol. The molecule has 4 aromatic carbocycles. The lowest BCUT2D eigenvalue weighted by molar-refractivity contribution is 0.760. The van der Waals surface area contributed by atoms with Gasteiger partial charge in [0.2, 0.25) is 0 Å². The van der Waals surface area contributed by atoms with Gasteiger partial charge in [-0.2, -0.15) is 0 Å². The van der Waals surface area contributed by atoms with Gasteiger partial charge in [0.15, 0.2) is 12.0 Å². The Labute approximate surface area is 228 Å². The van der Waals surface area contributed by atoms with Gasteiger partial charge in [0.05, 0.1) is 0 Å². The molecule has 0 saturated carbocycles. The molecular weight excluding hydrogens is 496 g/mol. The minimum Gasteiger partial charge on any atom is -0.346 e. The number of nitrogens with one attached hydrogen (secondary N) is 4. The van der Waals surface area contributed by atoms with Crippen molar-refractivity contribution in [3.8, 4) is 0 Å². The van der Waals surface area contributed by atoms with Crippen LogP contribution in [0, 0.1) is 0 Å². The highest BCUT2D eigenvalue weighted by Crippen LogP contribution is 2.37. The van der Waals surface area contributed by atoms with Crippen molar-refractivity contribution >= 4 is 44.9 Å². The number of hydrogen-bond donors (Lipinski definition) is 4. The van der Waals surface area contributed by atoms with Gasteiger partial charge >= 0.3 is 0 Å². The Bertz CT molecular complexity index is 2200. The fraction of sp³-hybridized carbons (Fsp3) is 0.0625. The zero-order chi connectivity index (χ0) is 26.2. The highest BCUT2D eigenvalue weighted by Gasteiger charge is 2.28. The zero-order valence-corrected chi connectivity index (χ0v) is 21.2. The summed E-state index contributed by atoms with van der Waals surface area (Å²) in [7, 11) is 0. The van der Waals surface area contributed by atoms with Gasteiger partial charge in [0.25, 0.3) is 0 Å². The van der Waals surface area contributed by atoms with Gasteiger partial charge in [0, 0.05) is 43.8 Å². The number of benzene rings is 4. The first-order valence-electron chi connectivity index (χ1n) is 13.3. The van der Waals surface area contributed by atoms with Crippen molar-refractivity contribution in [2.24, 2.45) is 20.0 Å². The summed E-state index contributed by atoms with van der Waals surface area (Å²) < 4.78 is 0. The molecule has 0 spiro atoms. The number of aromatic amines is 2. The monoisotopic (exact) mass is 518 g/mol. The van der Waals surface area contributed by atoms with E-state index in [1.54, 1.807) is 0 Å². The lowest BCUT2D eigenvalue weighted by Crippen LogP contribution is -2.14. The summed E-state index contributed by atoms with van der Waals surface area (Å²) in [4.78, 5) is 27.4. The molecule has 9 rings (SSSR count). The number of anilines is 2. The maximum absolute atomic E-state index is 5.13. The van der Waals surface area contributed by atoms with Crippen molar-refractivity contribution in [2.75, 3.05) is 10.6 Å². The van der Waals surface area contributed by atoms with Gasteiger partial charge in [-0.25, -0.2) is 20.0 Å². The third-order valence-electron chi connectivity index (χ3n) is 7.88. The molecule has 3 aliphatic rings. The molecular formula is C32H22N8. The Morgan fingerprint density at radius 3 is 2.00 bits per heavy atom. The predicted molar refractivity (Wildman–Crippen MR) is 158 cm³/mol. The van der Waals surface area contributed by atoms with E-state index < -0.39 is 6.17 Å². The molecule has 5 heterocycles. The molecule has 8 nitrogen and oxygen atoms in total. The van der Waals surface area contributed by atoms with E-state index in [1.165, 1.54) is 0 Å². The van der Waals surface area contributed by atoms with Crippen molar-refractivity contribution in [2.45, 2.75) is 12.3 Å². The van der Waals surface area contributed by atoms with Gasteiger partial charge in [-0.15, -0.1) is 0 Å².